The van der Waals surface area contributed by atoms with E-state index in [1.807, 2.05) is 0 Å². The molecule has 0 aliphatic rings. The lowest BCUT2D eigenvalue weighted by molar-refractivity contribution is 0.669. The summed E-state index contributed by atoms with van der Waals surface area (Å²) in [5.74, 6) is 0. The molecule has 3 nitrogen and oxygen atoms in total. The van der Waals surface area contributed by atoms with E-state index in [1.54, 1.807) is 0 Å². The Morgan fingerprint density at radius 1 is 0.304 bits per heavy atom. The Balaban J connectivity index is 0.867. The number of rotatable bonds is 7. The van der Waals surface area contributed by atoms with Gasteiger partial charge in [0.1, 0.15) is 11.2 Å². The van der Waals surface area contributed by atoms with Crippen molar-refractivity contribution in [1.29, 1.82) is 0 Å². The van der Waals surface area contributed by atoms with Gasteiger partial charge in [-0.3, -0.25) is 0 Å². The number of para-hydroxylation sites is 2. The average Bonchev–Trinajstić information content (AvgIpc) is 3.98. The van der Waals surface area contributed by atoms with Crippen molar-refractivity contribution in [2.75, 3.05) is 4.90 Å². The molecule has 0 N–H and O–H groups in total. The number of hydrogen-bond donors (Lipinski definition) is 0. The van der Waals surface area contributed by atoms with Crippen LogP contribution in [0.5, 0.6) is 0 Å². The second kappa shape index (κ2) is 15.7. The summed E-state index contributed by atoms with van der Waals surface area (Å²) in [6.07, 6.45) is 0. The minimum absolute atomic E-state index is 0.864. The van der Waals surface area contributed by atoms with Crippen molar-refractivity contribution in [2.24, 2.45) is 0 Å². The zero-order chi connectivity index (χ0) is 45.4. The monoisotopic (exact) mass is 878 g/mol. The van der Waals surface area contributed by atoms with E-state index in [2.05, 4.69) is 264 Å². The van der Waals surface area contributed by atoms with E-state index < -0.39 is 0 Å². The maximum absolute atomic E-state index is 6.59. The van der Waals surface area contributed by atoms with E-state index in [-0.39, 0.29) is 0 Å². The first-order valence-corrected chi connectivity index (χ1v) is 23.7. The van der Waals surface area contributed by atoms with Gasteiger partial charge in [-0.1, -0.05) is 200 Å². The molecule has 11 aromatic carbocycles. The highest BCUT2D eigenvalue weighted by Crippen LogP contribution is 2.45. The summed E-state index contributed by atoms with van der Waals surface area (Å²) in [5.41, 5.74) is 18.1. The molecule has 0 spiro atoms. The van der Waals surface area contributed by atoms with Gasteiger partial charge in [-0.2, -0.15) is 0 Å². The molecule has 0 aliphatic heterocycles. The third-order valence-corrected chi connectivity index (χ3v) is 14.2. The maximum atomic E-state index is 6.59. The first-order chi connectivity index (χ1) is 34.2. The van der Waals surface area contributed by atoms with Gasteiger partial charge in [0.15, 0.2) is 0 Å². The van der Waals surface area contributed by atoms with E-state index in [0.29, 0.717) is 0 Å². The van der Waals surface area contributed by atoms with Gasteiger partial charge in [0.2, 0.25) is 0 Å². The number of hydrogen-bond acceptors (Lipinski definition) is 2. The molecule has 322 valence electrons. The van der Waals surface area contributed by atoms with E-state index in [1.165, 1.54) is 82.2 Å². The van der Waals surface area contributed by atoms with Crippen LogP contribution in [0.25, 0.3) is 115 Å². The van der Waals surface area contributed by atoms with Gasteiger partial charge in [0.05, 0.1) is 16.6 Å². The SMILES string of the molecule is c1ccc(-c2ccc(N(c3ccc(-c4ccc(-c5cccc6c7ccccc7c7c(-c8ccccc8)c8ccccc8n7c56)cc4)cc3)c3ccc4c(c3)oc3ccc5ccccc5c34)cc2)cc1. The van der Waals surface area contributed by atoms with Crippen molar-refractivity contribution in [3.8, 4) is 44.5 Å². The zero-order valence-corrected chi connectivity index (χ0v) is 37.6. The van der Waals surface area contributed by atoms with Crippen LogP contribution in [0.15, 0.2) is 259 Å². The predicted octanol–water partition coefficient (Wildman–Crippen LogP) is 18.6. The molecule has 3 heteroatoms. The summed E-state index contributed by atoms with van der Waals surface area (Å²) < 4.78 is 9.11. The van der Waals surface area contributed by atoms with Crippen LogP contribution in [0.2, 0.25) is 0 Å². The molecule has 0 radical (unpaired) electrons. The third kappa shape index (κ3) is 6.29. The van der Waals surface area contributed by atoms with E-state index in [9.17, 15) is 0 Å². The molecule has 0 fully saturated rings. The molecule has 0 amide bonds. The highest BCUT2D eigenvalue weighted by atomic mass is 16.3. The van der Waals surface area contributed by atoms with Gasteiger partial charge in [-0.15, -0.1) is 0 Å². The first kappa shape index (κ1) is 39.0. The van der Waals surface area contributed by atoms with Crippen LogP contribution in [0.4, 0.5) is 17.1 Å². The molecular weight excluding hydrogens is 837 g/mol. The highest BCUT2D eigenvalue weighted by Gasteiger charge is 2.22. The smallest absolute Gasteiger partial charge is 0.137 e. The Kier molecular flexibility index (Phi) is 8.90. The number of anilines is 3. The van der Waals surface area contributed by atoms with Crippen molar-refractivity contribution in [2.45, 2.75) is 0 Å². The first-order valence-electron chi connectivity index (χ1n) is 23.7. The lowest BCUT2D eigenvalue weighted by Crippen LogP contribution is -2.09. The Hall–Kier alpha value is -9.18. The molecule has 14 rings (SSSR count). The second-order valence-corrected chi connectivity index (χ2v) is 18.0. The van der Waals surface area contributed by atoms with Gasteiger partial charge in [-0.05, 0) is 98.1 Å². The minimum Gasteiger partial charge on any atom is -0.456 e. The molecule has 0 aliphatic carbocycles. The van der Waals surface area contributed by atoms with Crippen LogP contribution in [0.1, 0.15) is 0 Å². The second-order valence-electron chi connectivity index (χ2n) is 18.0. The zero-order valence-electron chi connectivity index (χ0n) is 37.6. The Labute approximate surface area is 399 Å². The number of nitrogens with zero attached hydrogens (tertiary/aromatic N) is 2. The predicted molar refractivity (Wildman–Crippen MR) is 291 cm³/mol. The molecule has 69 heavy (non-hydrogen) atoms. The average molecular weight is 879 g/mol. The molecule has 0 saturated carbocycles. The van der Waals surface area contributed by atoms with Crippen molar-refractivity contribution >= 4 is 87.9 Å². The minimum atomic E-state index is 0.864. The maximum Gasteiger partial charge on any atom is 0.137 e. The van der Waals surface area contributed by atoms with Crippen molar-refractivity contribution in [3.05, 3.63) is 255 Å². The fraction of sp³-hybridized carbons (Fsp3) is 0. The summed E-state index contributed by atoms with van der Waals surface area (Å²) in [6, 6.07) is 92.3. The van der Waals surface area contributed by atoms with Crippen LogP contribution in [0.3, 0.4) is 0 Å². The molecule has 14 aromatic rings. The molecule has 0 saturated heterocycles. The van der Waals surface area contributed by atoms with Gasteiger partial charge >= 0.3 is 0 Å². The highest BCUT2D eigenvalue weighted by molar-refractivity contribution is 6.24. The Morgan fingerprint density at radius 2 is 0.826 bits per heavy atom. The molecular formula is C66H42N2O. The van der Waals surface area contributed by atoms with Gasteiger partial charge < -0.3 is 13.7 Å². The number of fused-ring (bicyclic) bond motifs is 13. The number of aromatic nitrogens is 1. The van der Waals surface area contributed by atoms with Crippen LogP contribution in [-0.4, -0.2) is 4.40 Å². The van der Waals surface area contributed by atoms with Crippen LogP contribution in [-0.2, 0) is 0 Å². The Morgan fingerprint density at radius 3 is 1.54 bits per heavy atom. The molecule has 0 atom stereocenters. The quantitative estimate of drug-likeness (QED) is 0.149. The lowest BCUT2D eigenvalue weighted by Gasteiger charge is -2.26. The number of pyridine rings is 1. The van der Waals surface area contributed by atoms with Crippen molar-refractivity contribution < 1.29 is 4.42 Å². The fourth-order valence-electron chi connectivity index (χ4n) is 11.0. The molecule has 0 unspecified atom stereocenters. The number of furan rings is 1. The van der Waals surface area contributed by atoms with Crippen LogP contribution < -0.4 is 4.90 Å². The lowest BCUT2D eigenvalue weighted by atomic mass is 9.95. The van der Waals surface area contributed by atoms with Gasteiger partial charge in [0, 0.05) is 61.2 Å². The van der Waals surface area contributed by atoms with E-state index in [4.69, 9.17) is 4.42 Å². The van der Waals surface area contributed by atoms with Gasteiger partial charge in [-0.25, -0.2) is 0 Å². The van der Waals surface area contributed by atoms with Gasteiger partial charge in [0.25, 0.3) is 0 Å². The summed E-state index contributed by atoms with van der Waals surface area (Å²) >= 11 is 0. The fourth-order valence-corrected chi connectivity index (χ4v) is 11.0. The van der Waals surface area contributed by atoms with E-state index in [0.717, 1.165) is 50.1 Å². The molecule has 0 bridgehead atoms. The molecule has 3 aromatic heterocycles. The van der Waals surface area contributed by atoms with E-state index >= 15 is 0 Å². The number of benzene rings is 11. The van der Waals surface area contributed by atoms with Crippen molar-refractivity contribution in [1.82, 2.24) is 4.40 Å². The normalized spacial score (nSPS) is 11.8. The van der Waals surface area contributed by atoms with Crippen LogP contribution >= 0.6 is 0 Å². The molecule has 3 heterocycles. The third-order valence-electron chi connectivity index (χ3n) is 14.2. The topological polar surface area (TPSA) is 20.8 Å². The van der Waals surface area contributed by atoms with Crippen molar-refractivity contribution in [3.63, 3.8) is 0 Å². The Bertz CT molecular complexity index is 4260. The summed E-state index contributed by atoms with van der Waals surface area (Å²) in [5, 5.41) is 9.68. The van der Waals surface area contributed by atoms with Crippen LogP contribution in [0, 0.1) is 0 Å². The largest absolute Gasteiger partial charge is 0.456 e. The standard InChI is InChI=1S/C66H42N2O/c1-3-14-43(15-4-1)45-30-35-50(36-31-45)67(52-39-40-59-62(42-52)69-61-41-34-47-16-7-8-19-53(47)64(59)61)51-37-32-46(33-38-51)44-26-28-48(29-27-44)54-23-13-24-56-55-20-9-10-21-57(55)66-63(49-17-5-2-6-18-49)58-22-11-12-25-60(58)68(66)65(54)56/h1-42H. The summed E-state index contributed by atoms with van der Waals surface area (Å²) in [6.45, 7) is 0. The summed E-state index contributed by atoms with van der Waals surface area (Å²) in [4.78, 5) is 2.32. The summed E-state index contributed by atoms with van der Waals surface area (Å²) in [7, 11) is 0.